The molecule has 0 atom stereocenters. The molecule has 0 saturated carbocycles. The minimum atomic E-state index is 0.662. The first-order valence-electron chi connectivity index (χ1n) is 10.8. The molecule has 33 heavy (non-hydrogen) atoms. The summed E-state index contributed by atoms with van der Waals surface area (Å²) in [6.07, 6.45) is 9.67. The summed E-state index contributed by atoms with van der Waals surface area (Å²) in [5.41, 5.74) is 6.49. The van der Waals surface area contributed by atoms with Crippen LogP contribution < -0.4 is 9.47 Å². The molecule has 9 nitrogen and oxygen atoms in total. The Labute approximate surface area is 191 Å². The first kappa shape index (κ1) is 20.7. The Morgan fingerprint density at radius 1 is 0.788 bits per heavy atom. The number of pyridine rings is 1. The van der Waals surface area contributed by atoms with Gasteiger partial charge in [0, 0.05) is 42.2 Å². The van der Waals surface area contributed by atoms with Crippen LogP contribution in [-0.2, 0) is 13.1 Å². The fourth-order valence-electron chi connectivity index (χ4n) is 3.95. The number of aryl methyl sites for hydroxylation is 2. The number of fused-ring (bicyclic) bond motifs is 1. The van der Waals surface area contributed by atoms with Gasteiger partial charge in [0.15, 0.2) is 0 Å². The van der Waals surface area contributed by atoms with Crippen LogP contribution in [-0.4, -0.2) is 48.6 Å². The number of methoxy groups -OCH3 is 2. The van der Waals surface area contributed by atoms with Gasteiger partial charge in [-0.2, -0.15) is 10.2 Å². The van der Waals surface area contributed by atoms with E-state index in [1.54, 1.807) is 18.9 Å². The van der Waals surface area contributed by atoms with E-state index >= 15 is 0 Å². The molecule has 0 aliphatic rings. The average molecular weight is 444 g/mol. The highest BCUT2D eigenvalue weighted by Gasteiger charge is 2.20. The maximum Gasteiger partial charge on any atom is 0.132 e. The third-order valence-electron chi connectivity index (χ3n) is 5.74. The van der Waals surface area contributed by atoms with Gasteiger partial charge in [-0.25, -0.2) is 4.52 Å². The quantitative estimate of drug-likeness (QED) is 0.375. The SMILES string of the molecule is CCn1cc(-c2ccc3c(-c4cc(OC)c(-c5cn(CC)nn5)c(OC)c4)cnn3c2)cn1. The second-order valence-corrected chi connectivity index (χ2v) is 7.61. The summed E-state index contributed by atoms with van der Waals surface area (Å²) in [4.78, 5) is 0. The van der Waals surface area contributed by atoms with Gasteiger partial charge >= 0.3 is 0 Å². The lowest BCUT2D eigenvalue weighted by molar-refractivity contribution is 0.397. The molecule has 0 aliphatic carbocycles. The predicted molar refractivity (Wildman–Crippen MR) is 125 cm³/mol. The summed E-state index contributed by atoms with van der Waals surface area (Å²) in [5, 5.41) is 17.4. The van der Waals surface area contributed by atoms with Crippen LogP contribution in [0, 0.1) is 0 Å². The van der Waals surface area contributed by atoms with Crippen molar-refractivity contribution in [3.63, 3.8) is 0 Å². The number of rotatable bonds is 7. The molecular weight excluding hydrogens is 418 g/mol. The van der Waals surface area contributed by atoms with Crippen molar-refractivity contribution in [2.45, 2.75) is 26.9 Å². The molecule has 9 heteroatoms. The van der Waals surface area contributed by atoms with E-state index in [0.717, 1.165) is 46.4 Å². The molecule has 0 amide bonds. The van der Waals surface area contributed by atoms with Gasteiger partial charge in [0.1, 0.15) is 17.2 Å². The van der Waals surface area contributed by atoms with Crippen LogP contribution in [0.3, 0.4) is 0 Å². The lowest BCUT2D eigenvalue weighted by atomic mass is 10.0. The number of nitrogens with zero attached hydrogens (tertiary/aromatic N) is 7. The zero-order valence-electron chi connectivity index (χ0n) is 19.1. The van der Waals surface area contributed by atoms with Crippen molar-refractivity contribution in [3.8, 4) is 45.0 Å². The fraction of sp³-hybridized carbons (Fsp3) is 0.250. The van der Waals surface area contributed by atoms with Crippen LogP contribution in [0.2, 0.25) is 0 Å². The van der Waals surface area contributed by atoms with Crippen molar-refractivity contribution >= 4 is 5.52 Å². The summed E-state index contributed by atoms with van der Waals surface area (Å²) in [6, 6.07) is 8.13. The normalized spacial score (nSPS) is 11.3. The minimum absolute atomic E-state index is 0.662. The van der Waals surface area contributed by atoms with E-state index in [1.165, 1.54) is 0 Å². The summed E-state index contributed by atoms with van der Waals surface area (Å²) >= 11 is 0. The van der Waals surface area contributed by atoms with Gasteiger partial charge in [0.25, 0.3) is 0 Å². The maximum absolute atomic E-state index is 5.73. The first-order chi connectivity index (χ1) is 16.1. The van der Waals surface area contributed by atoms with E-state index in [0.29, 0.717) is 17.2 Å². The van der Waals surface area contributed by atoms with E-state index < -0.39 is 0 Å². The largest absolute Gasteiger partial charge is 0.496 e. The van der Waals surface area contributed by atoms with Crippen molar-refractivity contribution in [2.24, 2.45) is 0 Å². The summed E-state index contributed by atoms with van der Waals surface area (Å²) in [7, 11) is 3.29. The smallest absolute Gasteiger partial charge is 0.132 e. The van der Waals surface area contributed by atoms with E-state index in [-0.39, 0.29) is 0 Å². The molecule has 4 heterocycles. The molecule has 0 spiro atoms. The zero-order chi connectivity index (χ0) is 22.9. The van der Waals surface area contributed by atoms with Crippen LogP contribution >= 0.6 is 0 Å². The molecule has 0 radical (unpaired) electrons. The predicted octanol–water partition coefficient (Wildman–Crippen LogP) is 4.18. The molecular formula is C24H25N7O2. The summed E-state index contributed by atoms with van der Waals surface area (Å²) < 4.78 is 17.0. The molecule has 5 rings (SSSR count). The van der Waals surface area contributed by atoms with Gasteiger partial charge in [0.2, 0.25) is 0 Å². The second-order valence-electron chi connectivity index (χ2n) is 7.61. The standard InChI is InChI=1S/C24H25N7O2/c1-5-29-13-18(11-25-29)16-7-8-21-19(12-26-31(21)14-16)17-9-22(32-3)24(23(10-17)33-4)20-15-30(6-2)28-27-20/h7-15H,5-6H2,1-4H3. The Morgan fingerprint density at radius 2 is 1.55 bits per heavy atom. The lowest BCUT2D eigenvalue weighted by Gasteiger charge is -2.13. The monoisotopic (exact) mass is 443 g/mol. The molecule has 1 aromatic carbocycles. The Kier molecular flexibility index (Phi) is 5.29. The highest BCUT2D eigenvalue weighted by Crippen LogP contribution is 2.42. The summed E-state index contributed by atoms with van der Waals surface area (Å²) in [5.74, 6) is 1.32. The van der Waals surface area contributed by atoms with Gasteiger partial charge in [-0.1, -0.05) is 11.3 Å². The Bertz CT molecular complexity index is 1400. The van der Waals surface area contributed by atoms with Crippen molar-refractivity contribution in [1.82, 2.24) is 34.4 Å². The van der Waals surface area contributed by atoms with Crippen molar-refractivity contribution in [3.05, 3.63) is 55.2 Å². The second kappa shape index (κ2) is 8.42. The van der Waals surface area contributed by atoms with Crippen molar-refractivity contribution in [2.75, 3.05) is 14.2 Å². The Balaban J connectivity index is 1.59. The topological polar surface area (TPSA) is 84.3 Å². The highest BCUT2D eigenvalue weighted by atomic mass is 16.5. The lowest BCUT2D eigenvalue weighted by Crippen LogP contribution is -1.95. The van der Waals surface area contributed by atoms with Crippen LogP contribution in [0.4, 0.5) is 0 Å². The van der Waals surface area contributed by atoms with Crippen LogP contribution in [0.1, 0.15) is 13.8 Å². The molecule has 5 aromatic rings. The van der Waals surface area contributed by atoms with Crippen LogP contribution in [0.15, 0.2) is 55.2 Å². The highest BCUT2D eigenvalue weighted by molar-refractivity contribution is 5.86. The first-order valence-corrected chi connectivity index (χ1v) is 10.8. The maximum atomic E-state index is 5.73. The molecule has 0 N–H and O–H groups in total. The van der Waals surface area contributed by atoms with Gasteiger partial charge in [-0.15, -0.1) is 5.10 Å². The van der Waals surface area contributed by atoms with E-state index in [9.17, 15) is 0 Å². The number of benzene rings is 1. The molecule has 0 bridgehead atoms. The van der Waals surface area contributed by atoms with E-state index in [4.69, 9.17) is 9.47 Å². The van der Waals surface area contributed by atoms with Gasteiger partial charge < -0.3 is 9.47 Å². The van der Waals surface area contributed by atoms with Gasteiger partial charge in [-0.3, -0.25) is 9.36 Å². The zero-order valence-corrected chi connectivity index (χ0v) is 19.1. The molecule has 0 aliphatic heterocycles. The van der Waals surface area contributed by atoms with Gasteiger partial charge in [0.05, 0.1) is 43.9 Å². The molecule has 168 valence electrons. The Morgan fingerprint density at radius 3 is 2.18 bits per heavy atom. The third-order valence-corrected chi connectivity index (χ3v) is 5.74. The van der Waals surface area contributed by atoms with Gasteiger partial charge in [-0.05, 0) is 37.6 Å². The van der Waals surface area contributed by atoms with Crippen molar-refractivity contribution < 1.29 is 9.47 Å². The fourth-order valence-corrected chi connectivity index (χ4v) is 3.95. The summed E-state index contributed by atoms with van der Waals surface area (Å²) in [6.45, 7) is 5.66. The molecule has 0 saturated heterocycles. The number of ether oxygens (including phenoxy) is 2. The minimum Gasteiger partial charge on any atom is -0.496 e. The molecule has 0 fully saturated rings. The van der Waals surface area contributed by atoms with Crippen LogP contribution in [0.25, 0.3) is 39.0 Å². The van der Waals surface area contributed by atoms with Crippen LogP contribution in [0.5, 0.6) is 11.5 Å². The third kappa shape index (κ3) is 3.61. The van der Waals surface area contributed by atoms with E-state index in [2.05, 4.69) is 39.6 Å². The van der Waals surface area contributed by atoms with E-state index in [1.807, 2.05) is 59.2 Å². The Hall–Kier alpha value is -4.14. The number of hydrogen-bond acceptors (Lipinski definition) is 6. The number of hydrogen-bond donors (Lipinski definition) is 0. The molecule has 0 unspecified atom stereocenters. The van der Waals surface area contributed by atoms with Crippen molar-refractivity contribution in [1.29, 1.82) is 0 Å². The number of aromatic nitrogens is 7. The average Bonchev–Trinajstić information content (AvgIpc) is 3.61. The molecule has 4 aromatic heterocycles.